The lowest BCUT2D eigenvalue weighted by Crippen LogP contribution is -2.40. The predicted molar refractivity (Wildman–Crippen MR) is 84.6 cm³/mol. The molecule has 0 spiro atoms. The third-order valence-electron chi connectivity index (χ3n) is 3.27. The molecular weight excluding hydrogens is 272 g/mol. The number of ether oxygens (including phenoxy) is 1. The topological polar surface area (TPSA) is 44.7 Å². The quantitative estimate of drug-likeness (QED) is 0.703. The summed E-state index contributed by atoms with van der Waals surface area (Å²) in [7, 11) is 0. The van der Waals surface area contributed by atoms with Gasteiger partial charge in [0.05, 0.1) is 0 Å². The van der Waals surface area contributed by atoms with Crippen LogP contribution in [0.2, 0.25) is 0 Å². The minimum absolute atomic E-state index is 0.331. The summed E-state index contributed by atoms with van der Waals surface area (Å²) in [6.07, 6.45) is -0.466. The van der Waals surface area contributed by atoms with Gasteiger partial charge in [-0.3, -0.25) is 0 Å². The summed E-state index contributed by atoms with van der Waals surface area (Å²) in [6, 6.07) is 9.60. The summed E-state index contributed by atoms with van der Waals surface area (Å²) in [5.74, 6) is 3.29. The van der Waals surface area contributed by atoms with Gasteiger partial charge in [-0.2, -0.15) is 11.8 Å². The van der Waals surface area contributed by atoms with Crippen LogP contribution in [0.5, 0.6) is 5.75 Å². The van der Waals surface area contributed by atoms with Crippen LogP contribution in [0.3, 0.4) is 0 Å². The zero-order valence-electron chi connectivity index (χ0n) is 11.8. The number of para-hydroxylation sites is 1. The number of aliphatic hydroxyl groups is 1. The third-order valence-corrected chi connectivity index (χ3v) is 4.22. The van der Waals surface area contributed by atoms with Gasteiger partial charge < -0.3 is 20.1 Å². The van der Waals surface area contributed by atoms with Gasteiger partial charge in [0.15, 0.2) is 0 Å². The Bertz CT molecular complexity index is 358. The average Bonchev–Trinajstić information content (AvgIpc) is 2.52. The van der Waals surface area contributed by atoms with Gasteiger partial charge in [0, 0.05) is 44.2 Å². The first-order valence-electron chi connectivity index (χ1n) is 7.21. The Morgan fingerprint density at radius 2 is 2.00 bits per heavy atom. The van der Waals surface area contributed by atoms with Gasteiger partial charge in [0.25, 0.3) is 0 Å². The molecule has 0 radical (unpaired) electrons. The summed E-state index contributed by atoms with van der Waals surface area (Å²) < 4.78 is 5.51. The van der Waals surface area contributed by atoms with Gasteiger partial charge in [-0.05, 0) is 12.1 Å². The monoisotopic (exact) mass is 296 g/mol. The number of nitrogens with one attached hydrogen (secondary N) is 1. The van der Waals surface area contributed by atoms with Crippen molar-refractivity contribution in [3.05, 3.63) is 30.3 Å². The Morgan fingerprint density at radius 3 is 2.75 bits per heavy atom. The minimum Gasteiger partial charge on any atom is -0.491 e. The molecule has 1 aromatic carbocycles. The molecule has 0 saturated carbocycles. The highest BCUT2D eigenvalue weighted by molar-refractivity contribution is 7.99. The van der Waals surface area contributed by atoms with E-state index in [2.05, 4.69) is 10.2 Å². The standard InChI is InChI=1S/C15H24N2O2S/c18-14(13-19-15-4-2-1-3-5-15)12-16-6-7-17-8-10-20-11-9-17/h1-5,14,16,18H,6-13H2. The molecule has 112 valence electrons. The van der Waals surface area contributed by atoms with E-state index in [9.17, 15) is 5.11 Å². The van der Waals surface area contributed by atoms with Crippen molar-refractivity contribution in [1.82, 2.24) is 10.2 Å². The number of hydrogen-bond donors (Lipinski definition) is 2. The molecule has 1 fully saturated rings. The molecule has 1 aliphatic heterocycles. The Labute approximate surface area is 125 Å². The Hall–Kier alpha value is -0.750. The number of hydrogen-bond acceptors (Lipinski definition) is 5. The van der Waals surface area contributed by atoms with E-state index in [1.165, 1.54) is 24.6 Å². The first kappa shape index (κ1) is 15.6. The largest absolute Gasteiger partial charge is 0.491 e. The molecule has 2 N–H and O–H groups in total. The first-order valence-corrected chi connectivity index (χ1v) is 8.37. The van der Waals surface area contributed by atoms with E-state index in [-0.39, 0.29) is 0 Å². The van der Waals surface area contributed by atoms with Gasteiger partial charge in [0.2, 0.25) is 0 Å². The lowest BCUT2D eigenvalue weighted by atomic mass is 10.3. The van der Waals surface area contributed by atoms with Crippen LogP contribution in [0.4, 0.5) is 0 Å². The van der Waals surface area contributed by atoms with E-state index >= 15 is 0 Å². The van der Waals surface area contributed by atoms with Crippen molar-refractivity contribution in [1.29, 1.82) is 0 Å². The summed E-state index contributed by atoms with van der Waals surface area (Å²) in [4.78, 5) is 2.47. The van der Waals surface area contributed by atoms with E-state index < -0.39 is 6.10 Å². The predicted octanol–water partition coefficient (Wildman–Crippen LogP) is 1.06. The SMILES string of the molecule is OC(CNCCN1CCSCC1)COc1ccccc1. The fourth-order valence-corrected chi connectivity index (χ4v) is 3.08. The van der Waals surface area contributed by atoms with E-state index in [0.717, 1.165) is 18.8 Å². The molecule has 20 heavy (non-hydrogen) atoms. The Balaban J connectivity index is 1.50. The number of benzene rings is 1. The minimum atomic E-state index is -0.466. The van der Waals surface area contributed by atoms with Crippen molar-refractivity contribution in [3.63, 3.8) is 0 Å². The zero-order valence-corrected chi connectivity index (χ0v) is 12.6. The number of nitrogens with zero attached hydrogens (tertiary/aromatic N) is 1. The van der Waals surface area contributed by atoms with Crippen LogP contribution in [0, 0.1) is 0 Å². The molecular formula is C15H24N2O2S. The van der Waals surface area contributed by atoms with E-state index in [4.69, 9.17) is 4.74 Å². The highest BCUT2D eigenvalue weighted by atomic mass is 32.2. The van der Waals surface area contributed by atoms with Crippen LogP contribution in [0.15, 0.2) is 30.3 Å². The molecule has 0 amide bonds. The van der Waals surface area contributed by atoms with Crippen molar-refractivity contribution in [2.45, 2.75) is 6.10 Å². The van der Waals surface area contributed by atoms with Gasteiger partial charge in [-0.25, -0.2) is 0 Å². The van der Waals surface area contributed by atoms with E-state index in [0.29, 0.717) is 13.2 Å². The Kier molecular flexibility index (Phi) is 7.22. The van der Waals surface area contributed by atoms with Crippen LogP contribution in [0.1, 0.15) is 0 Å². The zero-order chi connectivity index (χ0) is 14.0. The van der Waals surface area contributed by atoms with Crippen LogP contribution >= 0.6 is 11.8 Å². The number of rotatable bonds is 8. The van der Waals surface area contributed by atoms with Crippen LogP contribution in [0.25, 0.3) is 0 Å². The molecule has 0 bridgehead atoms. The van der Waals surface area contributed by atoms with Crippen LogP contribution < -0.4 is 10.1 Å². The summed E-state index contributed by atoms with van der Waals surface area (Å²) in [5.41, 5.74) is 0. The smallest absolute Gasteiger partial charge is 0.119 e. The maximum absolute atomic E-state index is 9.84. The number of aliphatic hydroxyl groups excluding tert-OH is 1. The molecule has 1 unspecified atom stereocenters. The second-order valence-electron chi connectivity index (χ2n) is 4.94. The second-order valence-corrected chi connectivity index (χ2v) is 6.16. The number of thioether (sulfide) groups is 1. The van der Waals surface area contributed by atoms with Gasteiger partial charge in [0.1, 0.15) is 18.5 Å². The molecule has 1 heterocycles. The lowest BCUT2D eigenvalue weighted by Gasteiger charge is -2.26. The molecule has 1 aromatic rings. The summed E-state index contributed by atoms with van der Waals surface area (Å²) in [5, 5.41) is 13.1. The molecule has 0 aromatic heterocycles. The highest BCUT2D eigenvalue weighted by Crippen LogP contribution is 2.09. The maximum Gasteiger partial charge on any atom is 0.119 e. The summed E-state index contributed by atoms with van der Waals surface area (Å²) in [6.45, 7) is 5.27. The van der Waals surface area contributed by atoms with Crippen molar-refractivity contribution in [2.24, 2.45) is 0 Å². The van der Waals surface area contributed by atoms with Gasteiger partial charge in [-0.1, -0.05) is 18.2 Å². The molecule has 0 aliphatic carbocycles. The van der Waals surface area contributed by atoms with Gasteiger partial charge >= 0.3 is 0 Å². The van der Waals surface area contributed by atoms with Crippen molar-refractivity contribution in [2.75, 3.05) is 50.8 Å². The van der Waals surface area contributed by atoms with E-state index in [1.54, 1.807) is 0 Å². The van der Waals surface area contributed by atoms with Gasteiger partial charge in [-0.15, -0.1) is 0 Å². The third kappa shape index (κ3) is 6.13. The van der Waals surface area contributed by atoms with Crippen molar-refractivity contribution in [3.8, 4) is 5.75 Å². The second kappa shape index (κ2) is 9.23. The van der Waals surface area contributed by atoms with Crippen LogP contribution in [-0.4, -0.2) is 66.9 Å². The first-order chi connectivity index (χ1) is 9.84. The average molecular weight is 296 g/mol. The molecule has 5 heteroatoms. The molecule has 1 aliphatic rings. The van der Waals surface area contributed by atoms with Crippen molar-refractivity contribution < 1.29 is 9.84 Å². The maximum atomic E-state index is 9.84. The fourth-order valence-electron chi connectivity index (χ4n) is 2.10. The normalized spacial score (nSPS) is 17.9. The summed E-state index contributed by atoms with van der Waals surface area (Å²) >= 11 is 2.03. The van der Waals surface area contributed by atoms with E-state index in [1.807, 2.05) is 42.1 Å². The highest BCUT2D eigenvalue weighted by Gasteiger charge is 2.10. The molecule has 1 atom stereocenters. The fraction of sp³-hybridized carbons (Fsp3) is 0.600. The molecule has 4 nitrogen and oxygen atoms in total. The van der Waals surface area contributed by atoms with Crippen molar-refractivity contribution >= 4 is 11.8 Å². The lowest BCUT2D eigenvalue weighted by molar-refractivity contribution is 0.106. The van der Waals surface area contributed by atoms with Crippen LogP contribution in [-0.2, 0) is 0 Å². The Morgan fingerprint density at radius 1 is 1.25 bits per heavy atom. The molecule has 2 rings (SSSR count). The molecule has 1 saturated heterocycles.